The summed E-state index contributed by atoms with van der Waals surface area (Å²) in [6, 6.07) is 5.86. The van der Waals surface area contributed by atoms with Gasteiger partial charge < -0.3 is 10.6 Å². The third-order valence-electron chi connectivity index (χ3n) is 4.45. The molecule has 7 nitrogen and oxygen atoms in total. The quantitative estimate of drug-likeness (QED) is 0.732. The number of hydrogen-bond acceptors (Lipinski definition) is 7. The summed E-state index contributed by atoms with van der Waals surface area (Å²) in [7, 11) is 0. The van der Waals surface area contributed by atoms with Gasteiger partial charge in [0.1, 0.15) is 11.5 Å². The van der Waals surface area contributed by atoms with Crippen molar-refractivity contribution in [1.82, 2.24) is 30.2 Å². The summed E-state index contributed by atoms with van der Waals surface area (Å²) in [4.78, 5) is 22.0. The number of anilines is 1. The molecule has 4 rings (SSSR count). The fourth-order valence-electron chi connectivity index (χ4n) is 3.08. The number of rotatable bonds is 5. The first-order valence-electron chi connectivity index (χ1n) is 8.89. The van der Waals surface area contributed by atoms with E-state index in [-0.39, 0.29) is 0 Å². The van der Waals surface area contributed by atoms with Crippen molar-refractivity contribution in [3.05, 3.63) is 49.2 Å². The molecule has 0 aliphatic carbocycles. The van der Waals surface area contributed by atoms with E-state index in [1.807, 2.05) is 18.2 Å². The largest absolute Gasteiger partial charge is 0.370 e. The normalized spacial score (nSPS) is 17.0. The lowest BCUT2D eigenvalue weighted by Gasteiger charge is -2.23. The van der Waals surface area contributed by atoms with Crippen LogP contribution in [0.3, 0.4) is 0 Å². The molecule has 0 radical (unpaired) electrons. The van der Waals surface area contributed by atoms with Gasteiger partial charge in [0.25, 0.3) is 0 Å². The molecule has 0 aromatic carbocycles. The summed E-state index contributed by atoms with van der Waals surface area (Å²) in [5, 5.41) is 6.92. The highest BCUT2D eigenvalue weighted by atomic mass is 15.0. The number of nitrogens with zero attached hydrogens (tertiary/aromatic N) is 5. The van der Waals surface area contributed by atoms with Gasteiger partial charge in [0, 0.05) is 43.0 Å². The predicted octanol–water partition coefficient (Wildman–Crippen LogP) is 2.41. The van der Waals surface area contributed by atoms with Crippen molar-refractivity contribution in [1.29, 1.82) is 0 Å². The standard InChI is InChI=1S/C19H21N7/c1-3-14(10-20-5-1)11-24-18-9-16(15-4-2-6-21-12-15)25-19(26-18)17-13-22-7-8-23-17/h2,4,6-9,12-14,20H,1,3,5,10-11H2,(H,24,25,26). The molecule has 7 heteroatoms. The zero-order valence-corrected chi connectivity index (χ0v) is 14.5. The van der Waals surface area contributed by atoms with Gasteiger partial charge in [-0.05, 0) is 44.0 Å². The van der Waals surface area contributed by atoms with Gasteiger partial charge in [-0.3, -0.25) is 9.97 Å². The van der Waals surface area contributed by atoms with Gasteiger partial charge >= 0.3 is 0 Å². The first-order valence-corrected chi connectivity index (χ1v) is 8.89. The maximum Gasteiger partial charge on any atom is 0.182 e. The average Bonchev–Trinajstić information content (AvgIpc) is 2.74. The molecule has 1 saturated heterocycles. The maximum absolute atomic E-state index is 4.66. The van der Waals surface area contributed by atoms with Crippen molar-refractivity contribution in [3.63, 3.8) is 0 Å². The van der Waals surface area contributed by atoms with Crippen LogP contribution in [0, 0.1) is 5.92 Å². The lowest BCUT2D eigenvalue weighted by atomic mass is 10.00. The van der Waals surface area contributed by atoms with Gasteiger partial charge in [-0.15, -0.1) is 0 Å². The minimum Gasteiger partial charge on any atom is -0.370 e. The Kier molecular flexibility index (Phi) is 5.07. The van der Waals surface area contributed by atoms with E-state index in [1.54, 1.807) is 31.0 Å². The molecule has 1 aliphatic heterocycles. The highest BCUT2D eigenvalue weighted by Gasteiger charge is 2.14. The SMILES string of the molecule is c1cncc(-c2cc(NCC3CCCNC3)nc(-c3cnccn3)n2)c1. The van der Waals surface area contributed by atoms with Gasteiger partial charge in [-0.2, -0.15) is 0 Å². The molecule has 0 amide bonds. The second kappa shape index (κ2) is 7.97. The lowest BCUT2D eigenvalue weighted by molar-refractivity contribution is 0.392. The lowest BCUT2D eigenvalue weighted by Crippen LogP contribution is -2.33. The third kappa shape index (κ3) is 4.00. The van der Waals surface area contributed by atoms with Crippen molar-refractivity contribution >= 4 is 5.82 Å². The smallest absolute Gasteiger partial charge is 0.182 e. The van der Waals surface area contributed by atoms with E-state index >= 15 is 0 Å². The van der Waals surface area contributed by atoms with Crippen LogP contribution >= 0.6 is 0 Å². The van der Waals surface area contributed by atoms with Crippen molar-refractivity contribution in [3.8, 4) is 22.8 Å². The van der Waals surface area contributed by atoms with Crippen molar-refractivity contribution in [2.24, 2.45) is 5.92 Å². The number of hydrogen-bond donors (Lipinski definition) is 2. The molecule has 3 aromatic heterocycles. The number of piperidine rings is 1. The summed E-state index contributed by atoms with van der Waals surface area (Å²) in [5.41, 5.74) is 2.42. The van der Waals surface area contributed by atoms with Crippen LogP contribution in [0.4, 0.5) is 5.82 Å². The molecule has 0 saturated carbocycles. The van der Waals surface area contributed by atoms with Gasteiger partial charge in [0.15, 0.2) is 5.82 Å². The third-order valence-corrected chi connectivity index (χ3v) is 4.45. The van der Waals surface area contributed by atoms with Crippen LogP contribution in [0.5, 0.6) is 0 Å². The van der Waals surface area contributed by atoms with Crippen LogP contribution in [0.1, 0.15) is 12.8 Å². The summed E-state index contributed by atoms with van der Waals surface area (Å²) < 4.78 is 0. The molecule has 26 heavy (non-hydrogen) atoms. The minimum atomic E-state index is 0.559. The van der Waals surface area contributed by atoms with Crippen molar-refractivity contribution in [2.75, 3.05) is 25.0 Å². The van der Waals surface area contributed by atoms with Crippen LogP contribution in [0.2, 0.25) is 0 Å². The highest BCUT2D eigenvalue weighted by Crippen LogP contribution is 2.23. The van der Waals surface area contributed by atoms with E-state index in [0.717, 1.165) is 36.7 Å². The van der Waals surface area contributed by atoms with Crippen LogP contribution in [-0.2, 0) is 0 Å². The molecule has 1 fully saturated rings. The zero-order valence-electron chi connectivity index (χ0n) is 14.5. The predicted molar refractivity (Wildman–Crippen MR) is 100 cm³/mol. The Bertz CT molecular complexity index is 775. The van der Waals surface area contributed by atoms with Gasteiger partial charge in [0.2, 0.25) is 0 Å². The molecule has 1 atom stereocenters. The Hall–Kier alpha value is -2.93. The Labute approximate surface area is 152 Å². The Morgan fingerprint density at radius 1 is 1.08 bits per heavy atom. The van der Waals surface area contributed by atoms with Gasteiger partial charge in [-0.25, -0.2) is 15.0 Å². The summed E-state index contributed by atoms with van der Waals surface area (Å²) in [6.07, 6.45) is 11.0. The maximum atomic E-state index is 4.66. The average molecular weight is 347 g/mol. The Morgan fingerprint density at radius 2 is 2.04 bits per heavy atom. The molecular formula is C19H21N7. The van der Waals surface area contributed by atoms with Gasteiger partial charge in [-0.1, -0.05) is 0 Å². The van der Waals surface area contributed by atoms with Crippen molar-refractivity contribution in [2.45, 2.75) is 12.8 Å². The molecule has 132 valence electrons. The monoisotopic (exact) mass is 347 g/mol. The van der Waals surface area contributed by atoms with E-state index in [2.05, 4.69) is 35.6 Å². The van der Waals surface area contributed by atoms with E-state index < -0.39 is 0 Å². The Morgan fingerprint density at radius 3 is 2.81 bits per heavy atom. The molecule has 1 unspecified atom stereocenters. The molecule has 3 aromatic rings. The van der Waals surface area contributed by atoms with Crippen LogP contribution in [0.25, 0.3) is 22.8 Å². The minimum absolute atomic E-state index is 0.559. The topological polar surface area (TPSA) is 88.5 Å². The second-order valence-corrected chi connectivity index (χ2v) is 6.39. The van der Waals surface area contributed by atoms with Gasteiger partial charge in [0.05, 0.1) is 11.9 Å². The molecule has 0 bridgehead atoms. The number of aromatic nitrogens is 5. The van der Waals surface area contributed by atoms with E-state index in [9.17, 15) is 0 Å². The fourth-order valence-corrected chi connectivity index (χ4v) is 3.08. The van der Waals surface area contributed by atoms with E-state index in [1.165, 1.54) is 12.8 Å². The Balaban J connectivity index is 1.64. The van der Waals surface area contributed by atoms with E-state index in [0.29, 0.717) is 17.4 Å². The highest BCUT2D eigenvalue weighted by molar-refractivity contribution is 5.65. The second-order valence-electron chi connectivity index (χ2n) is 6.39. The van der Waals surface area contributed by atoms with E-state index in [4.69, 9.17) is 0 Å². The first-order chi connectivity index (χ1) is 12.9. The van der Waals surface area contributed by atoms with Crippen LogP contribution < -0.4 is 10.6 Å². The molecule has 0 spiro atoms. The number of pyridine rings is 1. The summed E-state index contributed by atoms with van der Waals surface area (Å²) in [5.74, 6) is 1.97. The summed E-state index contributed by atoms with van der Waals surface area (Å²) >= 11 is 0. The first kappa shape index (κ1) is 16.5. The molecule has 2 N–H and O–H groups in total. The molecular weight excluding hydrogens is 326 g/mol. The summed E-state index contributed by atoms with van der Waals surface area (Å²) in [6.45, 7) is 3.05. The van der Waals surface area contributed by atoms with Crippen molar-refractivity contribution < 1.29 is 0 Å². The molecule has 4 heterocycles. The van der Waals surface area contributed by atoms with Crippen LogP contribution in [0.15, 0.2) is 49.2 Å². The zero-order chi connectivity index (χ0) is 17.6. The molecule has 1 aliphatic rings. The van der Waals surface area contributed by atoms with Crippen LogP contribution in [-0.4, -0.2) is 44.6 Å². The number of nitrogens with one attached hydrogen (secondary N) is 2. The fraction of sp³-hybridized carbons (Fsp3) is 0.316.